The normalized spacial score (nSPS) is 17.0. The largest absolute Gasteiger partial charge is 0.316 e. The van der Waals surface area contributed by atoms with Gasteiger partial charge in [-0.05, 0) is 13.3 Å². The maximum Gasteiger partial charge on any atom is 0.316 e. The molecule has 90 valence electrons. The number of hydrogen-bond donors (Lipinski definition) is 2. The van der Waals surface area contributed by atoms with Crippen LogP contribution < -0.4 is 10.6 Å². The zero-order valence-corrected chi connectivity index (χ0v) is 9.88. The van der Waals surface area contributed by atoms with Gasteiger partial charge in [0.1, 0.15) is 0 Å². The van der Waals surface area contributed by atoms with Crippen LogP contribution in [0.15, 0.2) is 4.99 Å². The molecule has 5 nitrogen and oxygen atoms in total. The first-order chi connectivity index (χ1) is 7.63. The molecular weight excluding hydrogens is 206 g/mol. The number of hydrogen-bond acceptors (Lipinski definition) is 3. The van der Waals surface area contributed by atoms with Gasteiger partial charge in [-0.15, -0.1) is 0 Å². The second-order valence-corrected chi connectivity index (χ2v) is 4.08. The van der Waals surface area contributed by atoms with Crippen molar-refractivity contribution in [2.75, 3.05) is 0 Å². The molecule has 0 aromatic heterocycles. The third-order valence-corrected chi connectivity index (χ3v) is 2.50. The highest BCUT2D eigenvalue weighted by Crippen LogP contribution is 2.07. The van der Waals surface area contributed by atoms with Crippen LogP contribution in [0.4, 0.5) is 0 Å². The number of aliphatic imine (C=N–C) groups is 1. The van der Waals surface area contributed by atoms with E-state index in [-0.39, 0.29) is 12.0 Å². The summed E-state index contributed by atoms with van der Waals surface area (Å²) in [5.41, 5.74) is 0. The van der Waals surface area contributed by atoms with E-state index in [1.807, 2.05) is 6.92 Å². The van der Waals surface area contributed by atoms with E-state index < -0.39 is 11.8 Å². The Morgan fingerprint density at radius 2 is 1.75 bits per heavy atom. The standard InChI is InChI=1S/C11H19N3O2/c1-3-4-5-6-7-8(2)12-11-13-9(15)10(16)14-11/h8H,3-7H2,1-2H3,(H2,12,13,14,15,16). The molecule has 0 saturated carbocycles. The Morgan fingerprint density at radius 1 is 1.12 bits per heavy atom. The van der Waals surface area contributed by atoms with Crippen molar-refractivity contribution in [3.8, 4) is 0 Å². The van der Waals surface area contributed by atoms with Gasteiger partial charge in [0.15, 0.2) is 0 Å². The number of nitrogens with zero attached hydrogens (tertiary/aromatic N) is 1. The van der Waals surface area contributed by atoms with Crippen LogP contribution in [0.2, 0.25) is 0 Å². The molecule has 1 saturated heterocycles. The van der Waals surface area contributed by atoms with Crippen molar-refractivity contribution in [2.24, 2.45) is 4.99 Å². The molecule has 2 amide bonds. The molecule has 1 heterocycles. The summed E-state index contributed by atoms with van der Waals surface area (Å²) in [5, 5.41) is 4.77. The topological polar surface area (TPSA) is 70.6 Å². The Labute approximate surface area is 95.7 Å². The van der Waals surface area contributed by atoms with Crippen LogP contribution in [0, 0.1) is 0 Å². The van der Waals surface area contributed by atoms with Crippen molar-refractivity contribution < 1.29 is 9.59 Å². The fourth-order valence-corrected chi connectivity index (χ4v) is 1.58. The second-order valence-electron chi connectivity index (χ2n) is 4.08. The van der Waals surface area contributed by atoms with Crippen LogP contribution in [0.25, 0.3) is 0 Å². The van der Waals surface area contributed by atoms with Gasteiger partial charge in [-0.25, -0.2) is 4.99 Å². The number of carbonyl (C=O) groups is 2. The molecule has 0 aromatic rings. The maximum atomic E-state index is 10.9. The lowest BCUT2D eigenvalue weighted by Crippen LogP contribution is -2.27. The van der Waals surface area contributed by atoms with Gasteiger partial charge in [0.05, 0.1) is 6.04 Å². The molecule has 0 aliphatic carbocycles. The zero-order chi connectivity index (χ0) is 12.0. The van der Waals surface area contributed by atoms with Crippen molar-refractivity contribution in [1.29, 1.82) is 0 Å². The summed E-state index contributed by atoms with van der Waals surface area (Å²) < 4.78 is 0. The van der Waals surface area contributed by atoms with Gasteiger partial charge in [0, 0.05) is 0 Å². The number of nitrogens with one attached hydrogen (secondary N) is 2. The number of unbranched alkanes of at least 4 members (excludes halogenated alkanes) is 3. The molecule has 0 radical (unpaired) electrons. The molecule has 5 heteroatoms. The van der Waals surface area contributed by atoms with E-state index in [4.69, 9.17) is 0 Å². The van der Waals surface area contributed by atoms with Crippen LogP contribution in [0.5, 0.6) is 0 Å². The Kier molecular flexibility index (Phi) is 4.95. The van der Waals surface area contributed by atoms with Gasteiger partial charge in [-0.1, -0.05) is 32.6 Å². The second kappa shape index (κ2) is 6.25. The molecule has 0 spiro atoms. The van der Waals surface area contributed by atoms with Crippen LogP contribution in [-0.4, -0.2) is 23.8 Å². The van der Waals surface area contributed by atoms with Crippen molar-refractivity contribution in [3.63, 3.8) is 0 Å². The Hall–Kier alpha value is -1.39. The van der Waals surface area contributed by atoms with Crippen LogP contribution in [-0.2, 0) is 9.59 Å². The fourth-order valence-electron chi connectivity index (χ4n) is 1.58. The van der Waals surface area contributed by atoms with Gasteiger partial charge in [-0.3, -0.25) is 20.2 Å². The predicted octanol–water partition coefficient (Wildman–Crippen LogP) is 0.947. The third-order valence-electron chi connectivity index (χ3n) is 2.50. The number of carbonyl (C=O) groups excluding carboxylic acids is 2. The Balaban J connectivity index is 2.28. The molecule has 1 aliphatic heterocycles. The van der Waals surface area contributed by atoms with Crippen molar-refractivity contribution in [1.82, 2.24) is 10.6 Å². The minimum absolute atomic E-state index is 0.130. The molecule has 1 unspecified atom stereocenters. The van der Waals surface area contributed by atoms with Crippen molar-refractivity contribution >= 4 is 17.8 Å². The lowest BCUT2D eigenvalue weighted by Gasteiger charge is -2.06. The lowest BCUT2D eigenvalue weighted by atomic mass is 10.1. The minimum Gasteiger partial charge on any atom is -0.288 e. The highest BCUT2D eigenvalue weighted by molar-refractivity contribution is 6.45. The quantitative estimate of drug-likeness (QED) is 0.522. The number of rotatable bonds is 6. The van der Waals surface area contributed by atoms with Gasteiger partial charge >= 0.3 is 11.8 Å². The van der Waals surface area contributed by atoms with Gasteiger partial charge in [0.2, 0.25) is 5.96 Å². The van der Waals surface area contributed by atoms with E-state index in [1.165, 1.54) is 19.3 Å². The highest BCUT2D eigenvalue weighted by Gasteiger charge is 2.25. The van der Waals surface area contributed by atoms with Crippen molar-refractivity contribution in [3.05, 3.63) is 0 Å². The lowest BCUT2D eigenvalue weighted by molar-refractivity contribution is -0.135. The zero-order valence-electron chi connectivity index (χ0n) is 9.88. The van der Waals surface area contributed by atoms with Gasteiger partial charge < -0.3 is 0 Å². The summed E-state index contributed by atoms with van der Waals surface area (Å²) in [6.07, 6.45) is 5.79. The minimum atomic E-state index is -0.628. The monoisotopic (exact) mass is 225 g/mol. The summed E-state index contributed by atoms with van der Waals surface area (Å²) in [6.45, 7) is 4.16. The first kappa shape index (κ1) is 12.7. The van der Waals surface area contributed by atoms with Gasteiger partial charge in [0.25, 0.3) is 0 Å². The third kappa shape index (κ3) is 4.00. The van der Waals surface area contributed by atoms with E-state index in [0.29, 0.717) is 0 Å². The van der Waals surface area contributed by atoms with Crippen LogP contribution in [0.1, 0.15) is 46.0 Å². The molecule has 16 heavy (non-hydrogen) atoms. The number of guanidine groups is 1. The fraction of sp³-hybridized carbons (Fsp3) is 0.727. The molecule has 1 atom stereocenters. The molecule has 0 aromatic carbocycles. The molecule has 1 rings (SSSR count). The Bertz CT molecular complexity index is 282. The summed E-state index contributed by atoms with van der Waals surface area (Å²) >= 11 is 0. The Morgan fingerprint density at radius 3 is 2.31 bits per heavy atom. The van der Waals surface area contributed by atoms with E-state index >= 15 is 0 Å². The first-order valence-electron chi connectivity index (χ1n) is 5.83. The van der Waals surface area contributed by atoms with Crippen LogP contribution >= 0.6 is 0 Å². The molecule has 1 aliphatic rings. The molecule has 1 fully saturated rings. The molecule has 2 N–H and O–H groups in total. The van der Waals surface area contributed by atoms with E-state index in [1.54, 1.807) is 0 Å². The van der Waals surface area contributed by atoms with Crippen LogP contribution in [0.3, 0.4) is 0 Å². The highest BCUT2D eigenvalue weighted by atomic mass is 16.2. The maximum absolute atomic E-state index is 10.9. The van der Waals surface area contributed by atoms with E-state index in [2.05, 4.69) is 22.5 Å². The smallest absolute Gasteiger partial charge is 0.288 e. The van der Waals surface area contributed by atoms with E-state index in [0.717, 1.165) is 12.8 Å². The molecule has 0 bridgehead atoms. The van der Waals surface area contributed by atoms with Crippen molar-refractivity contribution in [2.45, 2.75) is 52.0 Å². The summed E-state index contributed by atoms with van der Waals surface area (Å²) in [7, 11) is 0. The predicted molar refractivity (Wildman–Crippen MR) is 61.9 cm³/mol. The van der Waals surface area contributed by atoms with Gasteiger partial charge in [-0.2, -0.15) is 0 Å². The first-order valence-corrected chi connectivity index (χ1v) is 5.83. The average molecular weight is 225 g/mol. The summed E-state index contributed by atoms with van der Waals surface area (Å²) in [5.74, 6) is -0.966. The molecular formula is C11H19N3O2. The average Bonchev–Trinajstić information content (AvgIpc) is 2.53. The van der Waals surface area contributed by atoms with E-state index in [9.17, 15) is 9.59 Å². The summed E-state index contributed by atoms with van der Waals surface area (Å²) in [4.78, 5) is 25.9. The number of amides is 2. The SMILES string of the molecule is CCCCCCC(C)N=C1NC(=O)C(=O)N1. The summed E-state index contributed by atoms with van der Waals surface area (Å²) in [6, 6.07) is 0.130.